The van der Waals surface area contributed by atoms with Crippen molar-refractivity contribution in [1.82, 2.24) is 14.8 Å². The Morgan fingerprint density at radius 1 is 1.31 bits per heavy atom. The molecule has 0 atom stereocenters. The maximum atomic E-state index is 12.5. The lowest BCUT2D eigenvalue weighted by Gasteiger charge is -2.07. The Bertz CT molecular complexity index is 979. The van der Waals surface area contributed by atoms with E-state index in [1.165, 1.54) is 23.1 Å². The third kappa shape index (κ3) is 4.88. The van der Waals surface area contributed by atoms with Gasteiger partial charge in [-0.15, -0.1) is 21.5 Å². The molecule has 29 heavy (non-hydrogen) atoms. The number of nitrogens with zero attached hydrogens (tertiary/aromatic N) is 3. The van der Waals surface area contributed by atoms with Gasteiger partial charge in [0.05, 0.1) is 24.2 Å². The number of hydrogen-bond acceptors (Lipinski definition) is 8. The summed E-state index contributed by atoms with van der Waals surface area (Å²) in [5.41, 5.74) is 0.392. The van der Waals surface area contributed by atoms with E-state index in [0.717, 1.165) is 11.3 Å². The Morgan fingerprint density at radius 3 is 2.79 bits per heavy atom. The van der Waals surface area contributed by atoms with Crippen molar-refractivity contribution >= 4 is 40.0 Å². The van der Waals surface area contributed by atoms with E-state index < -0.39 is 5.97 Å². The molecule has 10 heteroatoms. The van der Waals surface area contributed by atoms with Gasteiger partial charge in [0.15, 0.2) is 16.7 Å². The number of nitrogens with one attached hydrogen (secondary N) is 1. The Hall–Kier alpha value is -2.59. The van der Waals surface area contributed by atoms with Gasteiger partial charge < -0.3 is 14.5 Å². The lowest BCUT2D eigenvalue weighted by molar-refractivity contribution is -0.113. The van der Waals surface area contributed by atoms with E-state index in [0.29, 0.717) is 33.9 Å². The number of aryl methyl sites for hydroxylation is 1. The van der Waals surface area contributed by atoms with Crippen LogP contribution in [0.4, 0.5) is 5.00 Å². The average Bonchev–Trinajstić information content (AvgIpc) is 3.45. The number of furan rings is 1. The van der Waals surface area contributed by atoms with E-state index in [9.17, 15) is 9.59 Å². The molecule has 0 spiro atoms. The fourth-order valence-corrected chi connectivity index (χ4v) is 4.43. The van der Waals surface area contributed by atoms with Crippen LogP contribution >= 0.6 is 23.1 Å². The van der Waals surface area contributed by atoms with E-state index in [-0.39, 0.29) is 18.3 Å². The van der Waals surface area contributed by atoms with Crippen LogP contribution in [0.3, 0.4) is 0 Å². The zero-order valence-electron chi connectivity index (χ0n) is 16.4. The van der Waals surface area contributed by atoms with Crippen LogP contribution in [0.25, 0.3) is 11.6 Å². The molecule has 0 aliphatic heterocycles. The molecular formula is C19H22N4O4S2. The van der Waals surface area contributed by atoms with E-state index in [4.69, 9.17) is 9.15 Å². The number of hydrogen-bond donors (Lipinski definition) is 1. The molecular weight excluding hydrogens is 412 g/mol. The lowest BCUT2D eigenvalue weighted by Crippen LogP contribution is -2.16. The summed E-state index contributed by atoms with van der Waals surface area (Å²) in [5.74, 6) is 0.726. The molecule has 0 saturated heterocycles. The second-order valence-electron chi connectivity index (χ2n) is 5.89. The van der Waals surface area contributed by atoms with Gasteiger partial charge in [0, 0.05) is 11.4 Å². The number of carbonyl (C=O) groups is 2. The van der Waals surface area contributed by atoms with Crippen molar-refractivity contribution < 1.29 is 18.7 Å². The number of thiophene rings is 1. The fraction of sp³-hybridized carbons (Fsp3) is 0.368. The summed E-state index contributed by atoms with van der Waals surface area (Å²) in [6.07, 6.45) is 2.36. The highest BCUT2D eigenvalue weighted by Crippen LogP contribution is 2.30. The molecule has 3 heterocycles. The van der Waals surface area contributed by atoms with Gasteiger partial charge >= 0.3 is 5.97 Å². The summed E-state index contributed by atoms with van der Waals surface area (Å²) in [6, 6.07) is 5.38. The lowest BCUT2D eigenvalue weighted by atomic mass is 10.2. The molecule has 1 amide bonds. The number of ether oxygens (including phenoxy) is 1. The van der Waals surface area contributed by atoms with Crippen LogP contribution in [0.15, 0.2) is 34.0 Å². The first-order valence-electron chi connectivity index (χ1n) is 9.26. The van der Waals surface area contributed by atoms with Crippen molar-refractivity contribution in [3.05, 3.63) is 34.9 Å². The second-order valence-corrected chi connectivity index (χ2v) is 7.97. The normalized spacial score (nSPS) is 10.9. The van der Waals surface area contributed by atoms with Crippen molar-refractivity contribution in [3.63, 3.8) is 0 Å². The summed E-state index contributed by atoms with van der Waals surface area (Å²) in [4.78, 5) is 25.7. The van der Waals surface area contributed by atoms with Crippen molar-refractivity contribution in [2.45, 2.75) is 38.9 Å². The average molecular weight is 435 g/mol. The highest BCUT2D eigenvalue weighted by molar-refractivity contribution is 7.99. The molecule has 0 aliphatic carbocycles. The predicted molar refractivity (Wildman–Crippen MR) is 112 cm³/mol. The number of rotatable bonds is 9. The first-order valence-corrected chi connectivity index (χ1v) is 11.1. The molecule has 3 aromatic rings. The standard InChI is InChI=1S/C19H22N4O4S2/c1-4-12-10-13(18(25)26-6-3)17(29-12)20-15(24)11-28-19-22-21-16(23(19)5-2)14-8-7-9-27-14/h7-10H,4-6,11H2,1-3H3,(H,20,24). The van der Waals surface area contributed by atoms with Crippen molar-refractivity contribution in [2.75, 3.05) is 17.7 Å². The highest BCUT2D eigenvalue weighted by atomic mass is 32.2. The summed E-state index contributed by atoms with van der Waals surface area (Å²) in [6.45, 7) is 6.65. The minimum absolute atomic E-state index is 0.137. The van der Waals surface area contributed by atoms with Gasteiger partial charge in [-0.2, -0.15) is 0 Å². The van der Waals surface area contributed by atoms with Gasteiger partial charge in [-0.3, -0.25) is 9.36 Å². The quantitative estimate of drug-likeness (QED) is 0.400. The van der Waals surface area contributed by atoms with Crippen molar-refractivity contribution in [1.29, 1.82) is 0 Å². The minimum Gasteiger partial charge on any atom is -0.462 e. The molecule has 0 aliphatic rings. The maximum absolute atomic E-state index is 12.5. The molecule has 0 radical (unpaired) electrons. The first-order chi connectivity index (χ1) is 14.1. The number of carbonyl (C=O) groups excluding carboxylic acids is 2. The van der Waals surface area contributed by atoms with Gasteiger partial charge in [-0.05, 0) is 38.5 Å². The molecule has 0 fully saturated rings. The van der Waals surface area contributed by atoms with Crippen LogP contribution in [-0.2, 0) is 22.5 Å². The summed E-state index contributed by atoms with van der Waals surface area (Å²) in [5, 5.41) is 12.3. The number of amides is 1. The first kappa shape index (κ1) is 21.1. The minimum atomic E-state index is -0.430. The monoisotopic (exact) mass is 434 g/mol. The van der Waals surface area contributed by atoms with E-state index in [2.05, 4.69) is 15.5 Å². The Morgan fingerprint density at radius 2 is 2.14 bits per heavy atom. The topological polar surface area (TPSA) is 99.2 Å². The zero-order valence-corrected chi connectivity index (χ0v) is 18.1. The number of esters is 1. The van der Waals surface area contributed by atoms with E-state index in [1.54, 1.807) is 25.3 Å². The largest absolute Gasteiger partial charge is 0.462 e. The summed E-state index contributed by atoms with van der Waals surface area (Å²) >= 11 is 2.66. The number of thioether (sulfide) groups is 1. The molecule has 0 saturated carbocycles. The third-order valence-electron chi connectivity index (χ3n) is 3.99. The van der Waals surface area contributed by atoms with Gasteiger partial charge in [-0.1, -0.05) is 18.7 Å². The molecule has 0 aromatic carbocycles. The molecule has 3 aromatic heterocycles. The molecule has 3 rings (SSSR count). The second kappa shape index (κ2) is 9.75. The van der Waals surface area contributed by atoms with Crippen LogP contribution in [-0.4, -0.2) is 39.0 Å². The summed E-state index contributed by atoms with van der Waals surface area (Å²) < 4.78 is 12.4. The van der Waals surface area contributed by atoms with Crippen molar-refractivity contribution in [3.8, 4) is 11.6 Å². The Balaban J connectivity index is 1.68. The van der Waals surface area contributed by atoms with Crippen LogP contribution in [0.5, 0.6) is 0 Å². The Kier molecular flexibility index (Phi) is 7.10. The van der Waals surface area contributed by atoms with E-state index >= 15 is 0 Å². The maximum Gasteiger partial charge on any atom is 0.341 e. The zero-order chi connectivity index (χ0) is 20.8. The molecule has 0 unspecified atom stereocenters. The number of anilines is 1. The molecule has 8 nitrogen and oxygen atoms in total. The molecule has 154 valence electrons. The molecule has 1 N–H and O–H groups in total. The predicted octanol–water partition coefficient (Wildman–Crippen LogP) is 4.09. The molecule has 0 bridgehead atoms. The Labute approximate surface area is 176 Å². The van der Waals surface area contributed by atoms with Crippen LogP contribution in [0.1, 0.15) is 36.0 Å². The van der Waals surface area contributed by atoms with Gasteiger partial charge in [-0.25, -0.2) is 4.79 Å². The van der Waals surface area contributed by atoms with Gasteiger partial charge in [0.2, 0.25) is 5.91 Å². The van der Waals surface area contributed by atoms with Gasteiger partial charge in [0.25, 0.3) is 0 Å². The van der Waals surface area contributed by atoms with Crippen LogP contribution in [0.2, 0.25) is 0 Å². The van der Waals surface area contributed by atoms with E-state index in [1.807, 2.05) is 24.5 Å². The highest BCUT2D eigenvalue weighted by Gasteiger charge is 2.20. The van der Waals surface area contributed by atoms with Crippen LogP contribution < -0.4 is 5.32 Å². The third-order valence-corrected chi connectivity index (χ3v) is 6.15. The number of aromatic nitrogens is 3. The smallest absolute Gasteiger partial charge is 0.341 e. The SMILES string of the molecule is CCOC(=O)c1cc(CC)sc1NC(=O)CSc1nnc(-c2ccco2)n1CC. The van der Waals surface area contributed by atoms with Crippen LogP contribution in [0, 0.1) is 0 Å². The van der Waals surface area contributed by atoms with Gasteiger partial charge in [0.1, 0.15) is 5.00 Å². The van der Waals surface area contributed by atoms with Crippen molar-refractivity contribution in [2.24, 2.45) is 0 Å². The summed E-state index contributed by atoms with van der Waals surface area (Å²) in [7, 11) is 0. The fourth-order valence-electron chi connectivity index (χ4n) is 2.63.